The molecule has 1 fully saturated rings. The monoisotopic (exact) mass is 448 g/mol. The third kappa shape index (κ3) is 3.89. The Kier molecular flexibility index (Phi) is 5.78. The van der Waals surface area contributed by atoms with Crippen LogP contribution in [0.4, 0.5) is 0 Å². The Morgan fingerprint density at radius 3 is 2.44 bits per heavy atom. The predicted molar refractivity (Wildman–Crippen MR) is 109 cm³/mol. The van der Waals surface area contributed by atoms with Crippen molar-refractivity contribution in [3.63, 3.8) is 0 Å². The number of aliphatic hydroxyl groups excluding tert-OH is 5. The van der Waals surface area contributed by atoms with E-state index >= 15 is 0 Å². The molecule has 0 aromatic heterocycles. The fraction of sp³-hybridized carbons (Fsp3) is 0.364. The van der Waals surface area contributed by atoms with E-state index in [0.29, 0.717) is 5.56 Å². The van der Waals surface area contributed by atoms with E-state index < -0.39 is 36.8 Å². The van der Waals surface area contributed by atoms with E-state index in [0.717, 1.165) is 6.08 Å². The van der Waals surface area contributed by atoms with Crippen molar-refractivity contribution in [3.05, 3.63) is 64.8 Å². The van der Waals surface area contributed by atoms with Crippen molar-refractivity contribution in [3.8, 4) is 11.5 Å². The second-order valence-corrected chi connectivity index (χ2v) is 7.64. The molecule has 0 amide bonds. The Labute approximate surface area is 183 Å². The van der Waals surface area contributed by atoms with Crippen LogP contribution in [0.25, 0.3) is 5.76 Å². The van der Waals surface area contributed by atoms with Gasteiger partial charge in [-0.1, -0.05) is 0 Å². The first-order chi connectivity index (χ1) is 15.2. The van der Waals surface area contributed by atoms with Crippen LogP contribution in [0.3, 0.4) is 0 Å². The van der Waals surface area contributed by atoms with Crippen LogP contribution in [0.1, 0.15) is 12.5 Å². The first-order valence-electron chi connectivity index (χ1n) is 9.87. The van der Waals surface area contributed by atoms with Gasteiger partial charge in [-0.2, -0.15) is 0 Å². The van der Waals surface area contributed by atoms with Gasteiger partial charge in [0.1, 0.15) is 35.9 Å². The minimum absolute atomic E-state index is 0.0403. The van der Waals surface area contributed by atoms with Gasteiger partial charge in [-0.3, -0.25) is 0 Å². The van der Waals surface area contributed by atoms with Crippen LogP contribution in [-0.2, 0) is 14.2 Å². The number of phenolic OH excluding ortho intramolecular Hbond substituents is 1. The zero-order chi connectivity index (χ0) is 23.2. The number of rotatable bonds is 4. The Morgan fingerprint density at radius 1 is 0.969 bits per heavy atom. The Balaban J connectivity index is 1.77. The summed E-state index contributed by atoms with van der Waals surface area (Å²) in [6, 6.07) is 4.42. The normalized spacial score (nSPS) is 32.2. The number of allylic oxidation sites excluding steroid dienone is 2. The lowest BCUT2D eigenvalue weighted by atomic mass is 9.97. The average Bonchev–Trinajstić information content (AvgIpc) is 2.76. The highest BCUT2D eigenvalue weighted by Gasteiger charge is 2.44. The number of benzene rings is 1. The molecule has 0 bridgehead atoms. The molecule has 4 rings (SSSR count). The molecule has 32 heavy (non-hydrogen) atoms. The van der Waals surface area contributed by atoms with Crippen molar-refractivity contribution < 1.29 is 49.6 Å². The second kappa shape index (κ2) is 8.40. The third-order valence-electron chi connectivity index (χ3n) is 5.46. The molecule has 6 atom stereocenters. The molecule has 2 aliphatic heterocycles. The van der Waals surface area contributed by atoms with Gasteiger partial charge >= 0.3 is 0 Å². The number of hydrogen-bond acceptors (Lipinski definition) is 10. The standard InChI is InChI=1S/C22H24O10/c1-9-18(26)19(27)20(28)22(30-9)32-17-8-12-14(25)6-11(23)7-15(12)31-21(17)10-3-4-13(24)16(5-10)29-2/h3-9,15,18-20,22-28H,1-2H3. The number of aliphatic hydroxyl groups is 5. The lowest BCUT2D eigenvalue weighted by Crippen LogP contribution is -2.57. The van der Waals surface area contributed by atoms with E-state index in [4.69, 9.17) is 18.9 Å². The fourth-order valence-corrected chi connectivity index (χ4v) is 3.66. The number of ether oxygens (including phenoxy) is 4. The quantitative estimate of drug-likeness (QED) is 0.394. The fourth-order valence-electron chi connectivity index (χ4n) is 3.66. The largest absolute Gasteiger partial charge is 0.508 e. The molecule has 172 valence electrons. The molecule has 10 nitrogen and oxygen atoms in total. The molecule has 1 aromatic rings. The molecule has 0 radical (unpaired) electrons. The molecule has 0 saturated carbocycles. The van der Waals surface area contributed by atoms with Crippen molar-refractivity contribution in [1.82, 2.24) is 0 Å². The first-order valence-corrected chi connectivity index (χ1v) is 9.87. The smallest absolute Gasteiger partial charge is 0.229 e. The van der Waals surface area contributed by atoms with Gasteiger partial charge in [0, 0.05) is 23.3 Å². The summed E-state index contributed by atoms with van der Waals surface area (Å²) in [5.74, 6) is -0.183. The summed E-state index contributed by atoms with van der Waals surface area (Å²) in [7, 11) is 1.38. The summed E-state index contributed by atoms with van der Waals surface area (Å²) in [4.78, 5) is 0. The zero-order valence-electron chi connectivity index (χ0n) is 17.2. The van der Waals surface area contributed by atoms with Gasteiger partial charge in [0.2, 0.25) is 6.29 Å². The Hall–Kier alpha value is -3.18. The van der Waals surface area contributed by atoms with Crippen molar-refractivity contribution in [1.29, 1.82) is 0 Å². The average molecular weight is 448 g/mol. The molecule has 0 spiro atoms. The molecule has 2 heterocycles. The third-order valence-corrected chi connectivity index (χ3v) is 5.46. The van der Waals surface area contributed by atoms with Crippen molar-refractivity contribution in [2.45, 2.75) is 43.7 Å². The van der Waals surface area contributed by atoms with Gasteiger partial charge in [0.05, 0.1) is 13.2 Å². The summed E-state index contributed by atoms with van der Waals surface area (Å²) in [5, 5.41) is 60.4. The minimum atomic E-state index is -1.57. The molecule has 1 aliphatic carbocycles. The molecule has 6 N–H and O–H groups in total. The maximum Gasteiger partial charge on any atom is 0.229 e. The Morgan fingerprint density at radius 2 is 1.72 bits per heavy atom. The highest BCUT2D eigenvalue weighted by molar-refractivity contribution is 5.70. The lowest BCUT2D eigenvalue weighted by Gasteiger charge is -2.40. The highest BCUT2D eigenvalue weighted by atomic mass is 16.7. The second-order valence-electron chi connectivity index (χ2n) is 7.64. The van der Waals surface area contributed by atoms with E-state index in [1.807, 2.05) is 0 Å². The van der Waals surface area contributed by atoms with Crippen LogP contribution in [0.15, 0.2) is 59.3 Å². The molecule has 3 aliphatic rings. The van der Waals surface area contributed by atoms with Crippen LogP contribution in [0.5, 0.6) is 11.5 Å². The summed E-state index contributed by atoms with van der Waals surface area (Å²) in [6.07, 6.45) is -3.43. The molecular weight excluding hydrogens is 424 g/mol. The zero-order valence-corrected chi connectivity index (χ0v) is 17.2. The maximum atomic E-state index is 10.4. The number of aromatic hydroxyl groups is 1. The first kappa shape index (κ1) is 22.0. The van der Waals surface area contributed by atoms with Crippen LogP contribution < -0.4 is 4.74 Å². The Bertz CT molecular complexity index is 1020. The van der Waals surface area contributed by atoms with Crippen molar-refractivity contribution in [2.24, 2.45) is 0 Å². The van der Waals surface area contributed by atoms with E-state index in [9.17, 15) is 30.6 Å². The predicted octanol–water partition coefficient (Wildman–Crippen LogP) is 1.14. The highest BCUT2D eigenvalue weighted by Crippen LogP contribution is 2.39. The summed E-state index contributed by atoms with van der Waals surface area (Å²) in [5.41, 5.74) is 0.706. The maximum absolute atomic E-state index is 10.4. The van der Waals surface area contributed by atoms with Gasteiger partial charge < -0.3 is 49.6 Å². The minimum Gasteiger partial charge on any atom is -0.508 e. The van der Waals surface area contributed by atoms with Crippen LogP contribution in [-0.4, -0.2) is 74.6 Å². The van der Waals surface area contributed by atoms with E-state index in [2.05, 4.69) is 0 Å². The number of fused-ring (bicyclic) bond motifs is 1. The van der Waals surface area contributed by atoms with Gasteiger partial charge in [-0.25, -0.2) is 0 Å². The lowest BCUT2D eigenvalue weighted by molar-refractivity contribution is -0.282. The van der Waals surface area contributed by atoms with Crippen LogP contribution in [0.2, 0.25) is 0 Å². The van der Waals surface area contributed by atoms with Crippen molar-refractivity contribution >= 4 is 5.76 Å². The van der Waals surface area contributed by atoms with Crippen LogP contribution >= 0.6 is 0 Å². The molecule has 1 aromatic carbocycles. The number of methoxy groups -OCH3 is 1. The van der Waals surface area contributed by atoms with Gasteiger partial charge in [-0.05, 0) is 31.2 Å². The van der Waals surface area contributed by atoms with Crippen molar-refractivity contribution in [2.75, 3.05) is 7.11 Å². The van der Waals surface area contributed by atoms with E-state index in [1.54, 1.807) is 0 Å². The summed E-state index contributed by atoms with van der Waals surface area (Å²) < 4.78 is 22.5. The van der Waals surface area contributed by atoms with E-state index in [-0.39, 0.29) is 40.1 Å². The van der Waals surface area contributed by atoms with Gasteiger partial charge in [0.25, 0.3) is 0 Å². The summed E-state index contributed by atoms with van der Waals surface area (Å²) in [6.45, 7) is 1.52. The number of phenols is 1. The van der Waals surface area contributed by atoms with Gasteiger partial charge in [-0.15, -0.1) is 0 Å². The SMILES string of the molecule is COc1cc(C2=C(OC3OC(C)C(O)C(O)C3O)C=C3C(O)=CC(O)=CC3O2)ccc1O. The van der Waals surface area contributed by atoms with Crippen LogP contribution in [0, 0.1) is 0 Å². The topological polar surface area (TPSA) is 158 Å². The van der Waals surface area contributed by atoms with Gasteiger partial charge in [0.15, 0.2) is 23.0 Å². The molecule has 10 heteroatoms. The molecule has 6 unspecified atom stereocenters. The number of hydrogen-bond donors (Lipinski definition) is 6. The summed E-state index contributed by atoms with van der Waals surface area (Å²) >= 11 is 0. The molecule has 1 saturated heterocycles. The van der Waals surface area contributed by atoms with E-state index in [1.165, 1.54) is 44.4 Å². The molecular formula is C22H24O10.